The van der Waals surface area contributed by atoms with E-state index >= 15 is 0 Å². The Morgan fingerprint density at radius 2 is 2.06 bits per heavy atom. The summed E-state index contributed by atoms with van der Waals surface area (Å²) in [6, 6.07) is 0.413. The summed E-state index contributed by atoms with van der Waals surface area (Å²) in [6.07, 6.45) is 3.55. The molecule has 5 heteroatoms. The van der Waals surface area contributed by atoms with Gasteiger partial charge in [-0.15, -0.1) is 0 Å². The largest absolute Gasteiger partial charge is 0.372 e. The lowest BCUT2D eigenvalue weighted by Crippen LogP contribution is -2.40. The molecule has 0 saturated heterocycles. The maximum absolute atomic E-state index is 4.52. The lowest BCUT2D eigenvalue weighted by Gasteiger charge is -2.30. The molecular formula is C12H23N5. The fourth-order valence-corrected chi connectivity index (χ4v) is 1.94. The summed E-state index contributed by atoms with van der Waals surface area (Å²) in [5.74, 6) is 1.73. The van der Waals surface area contributed by atoms with Crippen LogP contribution in [0.2, 0.25) is 0 Å². The molecule has 1 unspecified atom stereocenters. The van der Waals surface area contributed by atoms with Crippen molar-refractivity contribution < 1.29 is 0 Å². The van der Waals surface area contributed by atoms with Gasteiger partial charge in [-0.3, -0.25) is 4.98 Å². The van der Waals surface area contributed by atoms with Gasteiger partial charge in [0, 0.05) is 26.2 Å². The van der Waals surface area contributed by atoms with Gasteiger partial charge in [0.05, 0.1) is 12.4 Å². The van der Waals surface area contributed by atoms with Crippen molar-refractivity contribution in [2.45, 2.75) is 19.9 Å². The number of aromatic nitrogens is 2. The molecule has 1 atom stereocenters. The molecule has 0 aliphatic rings. The first kappa shape index (κ1) is 13.7. The Labute approximate surface area is 104 Å². The average molecular weight is 237 g/mol. The highest BCUT2D eigenvalue weighted by Crippen LogP contribution is 2.15. The first-order valence-corrected chi connectivity index (χ1v) is 5.99. The van der Waals surface area contributed by atoms with E-state index in [4.69, 9.17) is 0 Å². The Balaban J connectivity index is 2.84. The lowest BCUT2D eigenvalue weighted by molar-refractivity contribution is 0.372. The van der Waals surface area contributed by atoms with Crippen molar-refractivity contribution in [3.63, 3.8) is 0 Å². The fraction of sp³-hybridized carbons (Fsp3) is 0.667. The highest BCUT2D eigenvalue weighted by molar-refractivity contribution is 5.44. The Bertz CT molecular complexity index is 339. The number of nitrogens with zero attached hydrogens (tertiary/aromatic N) is 4. The van der Waals surface area contributed by atoms with Crippen LogP contribution in [0.1, 0.15) is 13.8 Å². The molecule has 0 fully saturated rings. The van der Waals surface area contributed by atoms with Crippen LogP contribution in [-0.4, -0.2) is 55.1 Å². The smallest absolute Gasteiger partial charge is 0.149 e. The lowest BCUT2D eigenvalue weighted by atomic mass is 10.2. The van der Waals surface area contributed by atoms with Crippen molar-refractivity contribution in [2.75, 3.05) is 44.4 Å². The summed E-state index contributed by atoms with van der Waals surface area (Å²) in [6.45, 7) is 6.27. The van der Waals surface area contributed by atoms with Crippen LogP contribution < -0.4 is 10.2 Å². The molecule has 96 valence electrons. The van der Waals surface area contributed by atoms with Crippen LogP contribution >= 0.6 is 0 Å². The summed E-state index contributed by atoms with van der Waals surface area (Å²) in [7, 11) is 6.02. The van der Waals surface area contributed by atoms with E-state index in [1.54, 1.807) is 6.20 Å². The monoisotopic (exact) mass is 237 g/mol. The second-order valence-electron chi connectivity index (χ2n) is 4.41. The predicted octanol–water partition coefficient (Wildman–Crippen LogP) is 1.29. The molecule has 0 amide bonds. The summed E-state index contributed by atoms with van der Waals surface area (Å²) < 4.78 is 0. The number of anilines is 2. The second kappa shape index (κ2) is 6.39. The molecule has 1 heterocycles. The zero-order valence-corrected chi connectivity index (χ0v) is 11.4. The highest BCUT2D eigenvalue weighted by Gasteiger charge is 2.15. The summed E-state index contributed by atoms with van der Waals surface area (Å²) >= 11 is 0. The number of hydrogen-bond acceptors (Lipinski definition) is 5. The molecule has 0 aliphatic carbocycles. The van der Waals surface area contributed by atoms with Gasteiger partial charge in [0.2, 0.25) is 0 Å². The minimum atomic E-state index is 0.413. The molecule has 0 bridgehead atoms. The van der Waals surface area contributed by atoms with Gasteiger partial charge in [-0.2, -0.15) is 0 Å². The van der Waals surface area contributed by atoms with Crippen LogP contribution in [0.25, 0.3) is 0 Å². The van der Waals surface area contributed by atoms with Gasteiger partial charge in [-0.25, -0.2) is 4.98 Å². The molecule has 1 aromatic heterocycles. The maximum atomic E-state index is 4.52. The first-order chi connectivity index (χ1) is 8.08. The predicted molar refractivity (Wildman–Crippen MR) is 72.6 cm³/mol. The van der Waals surface area contributed by atoms with Crippen LogP contribution in [0.5, 0.6) is 0 Å². The third-order valence-electron chi connectivity index (χ3n) is 2.67. The second-order valence-corrected chi connectivity index (χ2v) is 4.41. The van der Waals surface area contributed by atoms with Crippen molar-refractivity contribution in [3.8, 4) is 0 Å². The SMILES string of the molecule is CCN(c1cncc(NC)n1)C(C)CN(C)C. The molecule has 0 spiro atoms. The van der Waals surface area contributed by atoms with Gasteiger partial charge < -0.3 is 15.1 Å². The van der Waals surface area contributed by atoms with Gasteiger partial charge in [-0.05, 0) is 27.9 Å². The summed E-state index contributed by atoms with van der Waals surface area (Å²) in [4.78, 5) is 13.2. The van der Waals surface area contributed by atoms with Gasteiger partial charge in [0.15, 0.2) is 0 Å². The van der Waals surface area contributed by atoms with E-state index in [2.05, 4.69) is 53.0 Å². The standard InChI is InChI=1S/C12H23N5/c1-6-17(10(2)9-16(4)5)12-8-14-7-11(13-3)15-12/h7-8,10H,6,9H2,1-5H3,(H,13,15). The third kappa shape index (κ3) is 3.85. The summed E-state index contributed by atoms with van der Waals surface area (Å²) in [5, 5.41) is 3.02. The quantitative estimate of drug-likeness (QED) is 0.808. The molecule has 1 aromatic rings. The van der Waals surface area contributed by atoms with E-state index in [9.17, 15) is 0 Å². The zero-order chi connectivity index (χ0) is 12.8. The van der Waals surface area contributed by atoms with E-state index in [0.717, 1.165) is 24.7 Å². The molecule has 0 aliphatic heterocycles. The van der Waals surface area contributed by atoms with Crippen LogP contribution in [0.4, 0.5) is 11.6 Å². The molecular weight excluding hydrogens is 214 g/mol. The van der Waals surface area contributed by atoms with Crippen LogP contribution in [0, 0.1) is 0 Å². The topological polar surface area (TPSA) is 44.3 Å². The normalized spacial score (nSPS) is 12.6. The Hall–Kier alpha value is -1.36. The van der Waals surface area contributed by atoms with Gasteiger partial charge in [0.1, 0.15) is 11.6 Å². The number of hydrogen-bond donors (Lipinski definition) is 1. The van der Waals surface area contributed by atoms with E-state index in [-0.39, 0.29) is 0 Å². The van der Waals surface area contributed by atoms with Crippen LogP contribution in [-0.2, 0) is 0 Å². The van der Waals surface area contributed by atoms with Crippen LogP contribution in [0.15, 0.2) is 12.4 Å². The van der Waals surface area contributed by atoms with Crippen molar-refractivity contribution in [2.24, 2.45) is 0 Å². The van der Waals surface area contributed by atoms with E-state index in [0.29, 0.717) is 6.04 Å². The zero-order valence-electron chi connectivity index (χ0n) is 11.4. The molecule has 0 saturated carbocycles. The highest BCUT2D eigenvalue weighted by atomic mass is 15.3. The van der Waals surface area contributed by atoms with Gasteiger partial charge in [-0.1, -0.05) is 0 Å². The third-order valence-corrected chi connectivity index (χ3v) is 2.67. The minimum Gasteiger partial charge on any atom is -0.372 e. The molecule has 0 radical (unpaired) electrons. The Morgan fingerprint density at radius 1 is 1.35 bits per heavy atom. The fourth-order valence-electron chi connectivity index (χ4n) is 1.94. The van der Waals surface area contributed by atoms with Crippen molar-refractivity contribution in [1.82, 2.24) is 14.9 Å². The molecule has 5 nitrogen and oxygen atoms in total. The van der Waals surface area contributed by atoms with E-state index in [1.165, 1.54) is 0 Å². The first-order valence-electron chi connectivity index (χ1n) is 5.99. The number of rotatable bonds is 6. The van der Waals surface area contributed by atoms with Gasteiger partial charge >= 0.3 is 0 Å². The Morgan fingerprint density at radius 3 is 2.59 bits per heavy atom. The minimum absolute atomic E-state index is 0.413. The van der Waals surface area contributed by atoms with Gasteiger partial charge in [0.25, 0.3) is 0 Å². The Kier molecular flexibility index (Phi) is 5.15. The van der Waals surface area contributed by atoms with Crippen molar-refractivity contribution in [1.29, 1.82) is 0 Å². The summed E-state index contributed by atoms with van der Waals surface area (Å²) in [5.41, 5.74) is 0. The maximum Gasteiger partial charge on any atom is 0.149 e. The number of nitrogens with one attached hydrogen (secondary N) is 1. The van der Waals surface area contributed by atoms with Crippen molar-refractivity contribution >= 4 is 11.6 Å². The average Bonchev–Trinajstić information content (AvgIpc) is 2.29. The van der Waals surface area contributed by atoms with Crippen molar-refractivity contribution in [3.05, 3.63) is 12.4 Å². The van der Waals surface area contributed by atoms with Crippen LogP contribution in [0.3, 0.4) is 0 Å². The molecule has 1 N–H and O–H groups in total. The molecule has 17 heavy (non-hydrogen) atoms. The van der Waals surface area contributed by atoms with E-state index in [1.807, 2.05) is 13.2 Å². The molecule has 1 rings (SSSR count). The molecule has 0 aromatic carbocycles. The van der Waals surface area contributed by atoms with E-state index < -0.39 is 0 Å². The number of likely N-dealkylation sites (N-methyl/N-ethyl adjacent to an activating group) is 2.